The first-order valence-electron chi connectivity index (χ1n) is 3.39. The van der Waals surface area contributed by atoms with Gasteiger partial charge in [0.1, 0.15) is 4.88 Å². The zero-order chi connectivity index (χ0) is 9.84. The lowest BCUT2D eigenvalue weighted by Crippen LogP contribution is -2.04. The molecule has 0 aromatic carbocycles. The third-order valence-electron chi connectivity index (χ3n) is 1.15. The summed E-state index contributed by atoms with van der Waals surface area (Å²) >= 11 is 1.86. The van der Waals surface area contributed by atoms with Gasteiger partial charge in [0.15, 0.2) is 5.69 Å². The number of hydrogen-bond donors (Lipinski definition) is 1. The normalized spacial score (nSPS) is 9.92. The predicted molar refractivity (Wildman–Crippen MR) is 49.3 cm³/mol. The number of hydrogen-bond acceptors (Lipinski definition) is 6. The standard InChI is InChI=1S/C6H6N2O3S2/c1-2-12-6(11)4-3(5(9)10)7-8-13-4/h2H2,1H3,(H,9,10). The van der Waals surface area contributed by atoms with E-state index < -0.39 is 5.97 Å². The van der Waals surface area contributed by atoms with Crippen LogP contribution < -0.4 is 0 Å². The molecular weight excluding hydrogens is 212 g/mol. The largest absolute Gasteiger partial charge is 0.476 e. The highest BCUT2D eigenvalue weighted by Crippen LogP contribution is 2.18. The van der Waals surface area contributed by atoms with E-state index in [2.05, 4.69) is 9.59 Å². The SMILES string of the molecule is CCSC(=O)c1snnc1C(=O)O. The number of rotatable bonds is 3. The van der Waals surface area contributed by atoms with Crippen molar-refractivity contribution in [3.63, 3.8) is 0 Å². The van der Waals surface area contributed by atoms with Crippen LogP contribution in [0.4, 0.5) is 0 Å². The number of carbonyl (C=O) groups excluding carboxylic acids is 1. The van der Waals surface area contributed by atoms with Gasteiger partial charge in [-0.3, -0.25) is 4.79 Å². The summed E-state index contributed by atoms with van der Waals surface area (Å²) in [5, 5.41) is 11.7. The van der Waals surface area contributed by atoms with Gasteiger partial charge in [-0.15, -0.1) is 5.10 Å². The zero-order valence-electron chi connectivity index (χ0n) is 6.68. The van der Waals surface area contributed by atoms with Crippen molar-refractivity contribution in [3.05, 3.63) is 10.6 Å². The molecule has 1 rings (SSSR count). The van der Waals surface area contributed by atoms with E-state index in [0.717, 1.165) is 23.3 Å². The lowest BCUT2D eigenvalue weighted by molar-refractivity contribution is 0.0687. The molecule has 0 spiro atoms. The lowest BCUT2D eigenvalue weighted by Gasteiger charge is -1.93. The van der Waals surface area contributed by atoms with E-state index >= 15 is 0 Å². The van der Waals surface area contributed by atoms with Crippen LogP contribution in [-0.4, -0.2) is 31.5 Å². The maximum Gasteiger partial charge on any atom is 0.358 e. The first-order valence-corrected chi connectivity index (χ1v) is 5.15. The summed E-state index contributed by atoms with van der Waals surface area (Å²) in [5.41, 5.74) is -0.254. The Morgan fingerprint density at radius 3 is 2.85 bits per heavy atom. The van der Waals surface area contributed by atoms with Crippen LogP contribution in [-0.2, 0) is 0 Å². The summed E-state index contributed by atoms with van der Waals surface area (Å²) in [5.74, 6) is -0.607. The Balaban J connectivity index is 2.93. The van der Waals surface area contributed by atoms with Crippen molar-refractivity contribution >= 4 is 34.4 Å². The van der Waals surface area contributed by atoms with Crippen LogP contribution in [0, 0.1) is 0 Å². The molecule has 13 heavy (non-hydrogen) atoms. The first kappa shape index (κ1) is 10.1. The summed E-state index contributed by atoms with van der Waals surface area (Å²) in [7, 11) is 0. The van der Waals surface area contributed by atoms with Gasteiger partial charge in [0.25, 0.3) is 0 Å². The molecule has 1 aromatic heterocycles. The average molecular weight is 218 g/mol. The van der Waals surface area contributed by atoms with Gasteiger partial charge in [-0.25, -0.2) is 4.79 Å². The summed E-state index contributed by atoms with van der Waals surface area (Å²) in [6, 6.07) is 0. The van der Waals surface area contributed by atoms with Gasteiger partial charge in [0.05, 0.1) is 0 Å². The summed E-state index contributed by atoms with van der Waals surface area (Å²) in [6.07, 6.45) is 0. The summed E-state index contributed by atoms with van der Waals surface area (Å²) in [4.78, 5) is 21.9. The fourth-order valence-corrected chi connectivity index (χ4v) is 1.93. The van der Waals surface area contributed by atoms with Gasteiger partial charge in [0, 0.05) is 0 Å². The molecule has 0 bridgehead atoms. The van der Waals surface area contributed by atoms with Crippen molar-refractivity contribution in [2.75, 3.05) is 5.75 Å². The highest BCUT2D eigenvalue weighted by atomic mass is 32.2. The molecular formula is C6H6N2O3S2. The Bertz CT molecular complexity index is 336. The van der Waals surface area contributed by atoms with Crippen molar-refractivity contribution in [1.82, 2.24) is 9.59 Å². The van der Waals surface area contributed by atoms with Crippen LogP contribution in [0.2, 0.25) is 0 Å². The Hall–Kier alpha value is -0.950. The molecule has 0 radical (unpaired) electrons. The van der Waals surface area contributed by atoms with E-state index in [1.54, 1.807) is 0 Å². The molecule has 7 heteroatoms. The van der Waals surface area contributed by atoms with Crippen LogP contribution in [0.5, 0.6) is 0 Å². The van der Waals surface area contributed by atoms with E-state index in [1.165, 1.54) is 0 Å². The van der Waals surface area contributed by atoms with Crippen molar-refractivity contribution < 1.29 is 14.7 Å². The molecule has 0 aliphatic heterocycles. The van der Waals surface area contributed by atoms with Gasteiger partial charge in [-0.2, -0.15) is 0 Å². The molecule has 0 fully saturated rings. The minimum Gasteiger partial charge on any atom is -0.476 e. The van der Waals surface area contributed by atoms with E-state index in [-0.39, 0.29) is 15.7 Å². The lowest BCUT2D eigenvalue weighted by atomic mass is 10.4. The van der Waals surface area contributed by atoms with Gasteiger partial charge >= 0.3 is 5.97 Å². The molecule has 0 amide bonds. The second-order valence-corrected chi connectivity index (χ2v) is 3.97. The number of aromatic carboxylic acids is 1. The predicted octanol–water partition coefficient (Wildman–Crippen LogP) is 1.13. The van der Waals surface area contributed by atoms with Gasteiger partial charge < -0.3 is 5.11 Å². The molecule has 0 saturated carbocycles. The fourth-order valence-electron chi connectivity index (χ4n) is 0.661. The van der Waals surface area contributed by atoms with Gasteiger partial charge in [-0.05, 0) is 17.3 Å². The van der Waals surface area contributed by atoms with Crippen molar-refractivity contribution in [2.24, 2.45) is 0 Å². The number of thioether (sulfide) groups is 1. The minimum absolute atomic E-state index is 0.111. The third kappa shape index (κ3) is 2.25. The summed E-state index contributed by atoms with van der Waals surface area (Å²) < 4.78 is 3.42. The monoisotopic (exact) mass is 218 g/mol. The summed E-state index contributed by atoms with van der Waals surface area (Å²) in [6.45, 7) is 1.82. The Kier molecular flexibility index (Phi) is 3.38. The smallest absolute Gasteiger partial charge is 0.358 e. The van der Waals surface area contributed by atoms with Crippen molar-refractivity contribution in [2.45, 2.75) is 6.92 Å². The quantitative estimate of drug-likeness (QED) is 0.819. The molecule has 0 unspecified atom stereocenters. The second-order valence-electron chi connectivity index (χ2n) is 1.98. The van der Waals surface area contributed by atoms with Crippen LogP contribution in [0.3, 0.4) is 0 Å². The van der Waals surface area contributed by atoms with E-state index in [9.17, 15) is 9.59 Å². The topological polar surface area (TPSA) is 80.2 Å². The van der Waals surface area contributed by atoms with Gasteiger partial charge in [0.2, 0.25) is 5.12 Å². The maximum atomic E-state index is 11.3. The van der Waals surface area contributed by atoms with Crippen LogP contribution in [0.1, 0.15) is 27.1 Å². The second kappa shape index (κ2) is 4.33. The molecule has 1 aromatic rings. The molecule has 0 aliphatic carbocycles. The van der Waals surface area contributed by atoms with Gasteiger partial charge in [-0.1, -0.05) is 23.2 Å². The highest BCUT2D eigenvalue weighted by molar-refractivity contribution is 8.14. The average Bonchev–Trinajstić information content (AvgIpc) is 2.52. The van der Waals surface area contributed by atoms with E-state index in [4.69, 9.17) is 5.11 Å². The molecule has 1 N–H and O–H groups in total. The number of carbonyl (C=O) groups is 2. The number of carboxylic acids is 1. The molecule has 1 heterocycles. The third-order valence-corrected chi connectivity index (χ3v) is 2.76. The molecule has 0 aliphatic rings. The highest BCUT2D eigenvalue weighted by Gasteiger charge is 2.21. The molecule has 0 saturated heterocycles. The Labute approximate surface area is 82.3 Å². The maximum absolute atomic E-state index is 11.3. The van der Waals surface area contributed by atoms with Crippen molar-refractivity contribution in [1.29, 1.82) is 0 Å². The fraction of sp³-hybridized carbons (Fsp3) is 0.333. The van der Waals surface area contributed by atoms with E-state index in [1.807, 2.05) is 6.92 Å². The van der Waals surface area contributed by atoms with Crippen LogP contribution in [0.25, 0.3) is 0 Å². The van der Waals surface area contributed by atoms with E-state index in [0.29, 0.717) is 5.75 Å². The van der Waals surface area contributed by atoms with Crippen molar-refractivity contribution in [3.8, 4) is 0 Å². The number of aromatic nitrogens is 2. The minimum atomic E-state index is -1.21. The molecule has 0 atom stereocenters. The number of carboxylic acid groups (broad SMARTS) is 1. The Morgan fingerprint density at radius 1 is 1.62 bits per heavy atom. The number of nitrogens with zero attached hydrogens (tertiary/aromatic N) is 2. The zero-order valence-corrected chi connectivity index (χ0v) is 8.31. The Morgan fingerprint density at radius 2 is 2.31 bits per heavy atom. The molecule has 5 nitrogen and oxygen atoms in total. The van der Waals surface area contributed by atoms with Crippen LogP contribution >= 0.6 is 23.3 Å². The van der Waals surface area contributed by atoms with Crippen LogP contribution in [0.15, 0.2) is 0 Å². The molecule has 70 valence electrons. The first-order chi connectivity index (χ1) is 6.16.